The third kappa shape index (κ3) is 4.71. The number of hydrogen-bond donors (Lipinski definition) is 0. The molecule has 0 saturated carbocycles. The van der Waals surface area contributed by atoms with Crippen LogP contribution < -0.4 is 9.04 Å². The lowest BCUT2D eigenvalue weighted by Gasteiger charge is -2.18. The topological polar surface area (TPSA) is 90.0 Å². The van der Waals surface area contributed by atoms with Gasteiger partial charge in [-0.3, -0.25) is 9.10 Å². The molecule has 8 heteroatoms. The Bertz CT molecular complexity index is 1090. The molecule has 1 aliphatic heterocycles. The summed E-state index contributed by atoms with van der Waals surface area (Å²) in [5.74, 6) is -0.356. The maximum absolute atomic E-state index is 12.4. The van der Waals surface area contributed by atoms with E-state index in [4.69, 9.17) is 9.47 Å². The molecule has 0 unspecified atom stereocenters. The predicted octanol–water partition coefficient (Wildman–Crippen LogP) is 2.85. The van der Waals surface area contributed by atoms with Gasteiger partial charge >= 0.3 is 5.97 Å². The van der Waals surface area contributed by atoms with Gasteiger partial charge < -0.3 is 9.47 Å². The van der Waals surface area contributed by atoms with Crippen molar-refractivity contribution in [3.05, 3.63) is 65.2 Å². The van der Waals surface area contributed by atoms with Crippen LogP contribution in [0.15, 0.2) is 48.5 Å². The summed E-state index contributed by atoms with van der Waals surface area (Å²) in [5, 5.41) is 0. The Kier molecular flexibility index (Phi) is 6.56. The molecule has 1 heterocycles. The van der Waals surface area contributed by atoms with E-state index in [1.54, 1.807) is 43.3 Å². The van der Waals surface area contributed by atoms with Crippen molar-refractivity contribution in [1.29, 1.82) is 0 Å². The molecule has 2 aromatic rings. The van der Waals surface area contributed by atoms with Gasteiger partial charge in [-0.2, -0.15) is 0 Å². The first kappa shape index (κ1) is 21.6. The lowest BCUT2D eigenvalue weighted by atomic mass is 10.1. The number of rotatable bonds is 8. The lowest BCUT2D eigenvalue weighted by Crippen LogP contribution is -2.30. The van der Waals surface area contributed by atoms with Crippen LogP contribution in [-0.2, 0) is 26.0 Å². The van der Waals surface area contributed by atoms with E-state index >= 15 is 0 Å². The Morgan fingerprint density at radius 3 is 2.67 bits per heavy atom. The van der Waals surface area contributed by atoms with Crippen LogP contribution in [0.3, 0.4) is 0 Å². The number of esters is 1. The Labute approximate surface area is 176 Å². The van der Waals surface area contributed by atoms with Gasteiger partial charge in [0.15, 0.2) is 12.4 Å². The van der Waals surface area contributed by atoms with Gasteiger partial charge in [0.2, 0.25) is 10.0 Å². The van der Waals surface area contributed by atoms with Crippen LogP contribution >= 0.6 is 0 Å². The van der Waals surface area contributed by atoms with Gasteiger partial charge in [-0.15, -0.1) is 0 Å². The third-order valence-corrected chi connectivity index (χ3v) is 6.62. The van der Waals surface area contributed by atoms with E-state index in [2.05, 4.69) is 0 Å². The number of methoxy groups -OCH3 is 1. The van der Waals surface area contributed by atoms with Crippen molar-refractivity contribution in [2.75, 3.05) is 30.3 Å². The van der Waals surface area contributed by atoms with Crippen molar-refractivity contribution in [3.8, 4) is 5.75 Å². The summed E-state index contributed by atoms with van der Waals surface area (Å²) >= 11 is 0. The molecule has 3 rings (SSSR count). The Morgan fingerprint density at radius 1 is 1.17 bits per heavy atom. The van der Waals surface area contributed by atoms with Crippen LogP contribution in [0.25, 0.3) is 6.08 Å². The average Bonchev–Trinajstić information content (AvgIpc) is 3.20. The van der Waals surface area contributed by atoms with Crippen LogP contribution in [0.2, 0.25) is 0 Å². The Morgan fingerprint density at radius 2 is 1.93 bits per heavy atom. The minimum Gasteiger partial charge on any atom is -0.496 e. The summed E-state index contributed by atoms with van der Waals surface area (Å²) in [7, 11) is -1.80. The summed E-state index contributed by atoms with van der Waals surface area (Å²) in [4.78, 5) is 24.4. The standard InChI is InChI=1S/C22H23NO6S/c1-3-30(26,27)23-13-12-17-14-18(8-10-19(17)23)20(24)15-29-22(25)11-9-16-6-4-5-7-21(16)28-2/h4-11,14H,3,12-13,15H2,1-2H3/b11-9+. The highest BCUT2D eigenvalue weighted by molar-refractivity contribution is 7.92. The number of ketones is 1. The molecule has 2 aromatic carbocycles. The number of fused-ring (bicyclic) bond motifs is 1. The van der Waals surface area contributed by atoms with E-state index < -0.39 is 22.6 Å². The molecule has 7 nitrogen and oxygen atoms in total. The molecule has 0 amide bonds. The van der Waals surface area contributed by atoms with Crippen molar-refractivity contribution >= 4 is 33.5 Å². The highest BCUT2D eigenvalue weighted by atomic mass is 32.2. The van der Waals surface area contributed by atoms with Gasteiger partial charge in [-0.25, -0.2) is 13.2 Å². The second-order valence-corrected chi connectivity index (χ2v) is 8.85. The van der Waals surface area contributed by atoms with Gasteiger partial charge in [-0.05, 0) is 49.2 Å². The van der Waals surface area contributed by atoms with Gasteiger partial charge in [-0.1, -0.05) is 18.2 Å². The number of sulfonamides is 1. The highest BCUT2D eigenvalue weighted by Crippen LogP contribution is 2.31. The summed E-state index contributed by atoms with van der Waals surface area (Å²) < 4.78 is 35.9. The number of carbonyl (C=O) groups is 2. The van der Waals surface area contributed by atoms with E-state index in [1.807, 2.05) is 12.1 Å². The third-order valence-electron chi connectivity index (χ3n) is 4.84. The number of ether oxygens (including phenoxy) is 2. The summed E-state index contributed by atoms with van der Waals surface area (Å²) in [5.41, 5.74) is 2.49. The fourth-order valence-electron chi connectivity index (χ4n) is 3.22. The smallest absolute Gasteiger partial charge is 0.331 e. The molecule has 0 atom stereocenters. The van der Waals surface area contributed by atoms with E-state index in [9.17, 15) is 18.0 Å². The number of nitrogens with zero attached hydrogens (tertiary/aromatic N) is 1. The molecule has 0 aliphatic carbocycles. The summed E-state index contributed by atoms with van der Waals surface area (Å²) in [6, 6.07) is 12.1. The second kappa shape index (κ2) is 9.13. The molecule has 0 spiro atoms. The number of hydrogen-bond acceptors (Lipinski definition) is 6. The van der Waals surface area contributed by atoms with Crippen LogP contribution in [0.5, 0.6) is 5.75 Å². The van der Waals surface area contributed by atoms with Crippen LogP contribution in [-0.4, -0.2) is 46.2 Å². The molecule has 158 valence electrons. The molecule has 0 bridgehead atoms. The number of Topliss-reactive ketones (excluding diaryl/α,β-unsaturated/α-hetero) is 1. The normalized spacial score (nSPS) is 13.3. The molecule has 0 N–H and O–H groups in total. The van der Waals surface area contributed by atoms with Gasteiger partial charge in [0, 0.05) is 23.7 Å². The first-order valence-electron chi connectivity index (χ1n) is 9.50. The van der Waals surface area contributed by atoms with E-state index in [1.165, 1.54) is 17.5 Å². The largest absolute Gasteiger partial charge is 0.496 e. The monoisotopic (exact) mass is 429 g/mol. The van der Waals surface area contributed by atoms with Crippen molar-refractivity contribution in [2.45, 2.75) is 13.3 Å². The average molecular weight is 429 g/mol. The molecule has 0 saturated heterocycles. The number of benzene rings is 2. The summed E-state index contributed by atoms with van der Waals surface area (Å²) in [6.45, 7) is 1.57. The fraction of sp³-hybridized carbons (Fsp3) is 0.273. The fourth-order valence-corrected chi connectivity index (χ4v) is 4.38. The first-order chi connectivity index (χ1) is 14.4. The zero-order chi connectivity index (χ0) is 21.7. The van der Waals surface area contributed by atoms with E-state index in [0.717, 1.165) is 5.56 Å². The van der Waals surface area contributed by atoms with Gasteiger partial charge in [0.1, 0.15) is 5.75 Å². The highest BCUT2D eigenvalue weighted by Gasteiger charge is 2.28. The second-order valence-electron chi connectivity index (χ2n) is 6.67. The van der Waals surface area contributed by atoms with Crippen molar-refractivity contribution in [2.24, 2.45) is 0 Å². The molecular formula is C22H23NO6S. The lowest BCUT2D eigenvalue weighted by molar-refractivity contribution is -0.136. The van der Waals surface area contributed by atoms with Crippen molar-refractivity contribution < 1.29 is 27.5 Å². The Balaban J connectivity index is 1.62. The number of carbonyl (C=O) groups excluding carboxylic acids is 2. The van der Waals surface area contributed by atoms with Crippen LogP contribution in [0.1, 0.15) is 28.4 Å². The zero-order valence-corrected chi connectivity index (χ0v) is 17.6. The molecular weight excluding hydrogens is 406 g/mol. The zero-order valence-electron chi connectivity index (χ0n) is 16.8. The minimum atomic E-state index is -3.34. The molecule has 1 aliphatic rings. The van der Waals surface area contributed by atoms with Gasteiger partial charge in [0.25, 0.3) is 0 Å². The maximum atomic E-state index is 12.4. The first-order valence-corrected chi connectivity index (χ1v) is 11.1. The molecule has 0 fully saturated rings. The Hall–Kier alpha value is -3.13. The molecule has 30 heavy (non-hydrogen) atoms. The quantitative estimate of drug-likeness (QED) is 0.364. The van der Waals surface area contributed by atoms with Crippen molar-refractivity contribution in [3.63, 3.8) is 0 Å². The van der Waals surface area contributed by atoms with Crippen molar-refractivity contribution in [1.82, 2.24) is 0 Å². The van der Waals surface area contributed by atoms with E-state index in [0.29, 0.717) is 35.5 Å². The minimum absolute atomic E-state index is 0.0193. The maximum Gasteiger partial charge on any atom is 0.331 e. The van der Waals surface area contributed by atoms with Crippen LogP contribution in [0, 0.1) is 0 Å². The predicted molar refractivity (Wildman–Crippen MR) is 114 cm³/mol. The van der Waals surface area contributed by atoms with E-state index in [-0.39, 0.29) is 11.5 Å². The van der Waals surface area contributed by atoms with Gasteiger partial charge in [0.05, 0.1) is 18.6 Å². The van der Waals surface area contributed by atoms with Crippen LogP contribution in [0.4, 0.5) is 5.69 Å². The number of para-hydroxylation sites is 1. The molecule has 0 aromatic heterocycles. The molecule has 0 radical (unpaired) electrons. The number of anilines is 1. The SMILES string of the molecule is CCS(=O)(=O)N1CCc2cc(C(=O)COC(=O)/C=C/c3ccccc3OC)ccc21. The summed E-state index contributed by atoms with van der Waals surface area (Å²) in [6.07, 6.45) is 3.34.